The topological polar surface area (TPSA) is 82.7 Å². The van der Waals surface area contributed by atoms with Gasteiger partial charge in [-0.3, -0.25) is 0 Å². The molecule has 5 rings (SSSR count). The van der Waals surface area contributed by atoms with Gasteiger partial charge in [-0.1, -0.05) is 83.4 Å². The number of rotatable bonds is 7. The number of imidazole rings is 1. The zero-order chi connectivity index (χ0) is 25.9. The number of halogens is 2. The number of nitrogens with one attached hydrogen (secondary N) is 3. The number of hydrogen-bond donors (Lipinski definition) is 3. The fourth-order valence-corrected chi connectivity index (χ4v) is 5.66. The molecule has 2 heterocycles. The van der Waals surface area contributed by atoms with E-state index < -0.39 is 6.04 Å². The summed E-state index contributed by atoms with van der Waals surface area (Å²) >= 11 is 14.4. The summed E-state index contributed by atoms with van der Waals surface area (Å²) in [5.41, 5.74) is 5.49. The molecule has 0 saturated carbocycles. The summed E-state index contributed by atoms with van der Waals surface area (Å²) in [6.07, 6.45) is 0.540. The maximum absolute atomic E-state index is 13.1. The van der Waals surface area contributed by atoms with Crippen molar-refractivity contribution in [2.24, 2.45) is 0 Å². The summed E-state index contributed by atoms with van der Waals surface area (Å²) in [7, 11) is 0. The molecule has 0 aliphatic carbocycles. The number of aromatic amines is 1. The number of aryl methyl sites for hydroxylation is 2. The summed E-state index contributed by atoms with van der Waals surface area (Å²) in [5.74, 6) is 0.583. The van der Waals surface area contributed by atoms with Gasteiger partial charge in [-0.15, -0.1) is 11.3 Å². The van der Waals surface area contributed by atoms with E-state index in [9.17, 15) is 4.79 Å². The molecule has 5 aromatic rings. The van der Waals surface area contributed by atoms with Crippen LogP contribution in [0.25, 0.3) is 21.5 Å². The molecule has 0 aliphatic heterocycles. The normalized spacial score (nSPS) is 12.0. The van der Waals surface area contributed by atoms with Crippen LogP contribution in [0.1, 0.15) is 33.6 Å². The van der Waals surface area contributed by atoms with Crippen molar-refractivity contribution >= 4 is 50.8 Å². The van der Waals surface area contributed by atoms with E-state index in [1.165, 1.54) is 0 Å². The monoisotopic (exact) mass is 549 g/mol. The second-order valence-corrected chi connectivity index (χ2v) is 10.9. The van der Waals surface area contributed by atoms with Gasteiger partial charge < -0.3 is 15.6 Å². The Balaban J connectivity index is 1.37. The first-order valence-corrected chi connectivity index (χ1v) is 13.4. The van der Waals surface area contributed by atoms with Crippen molar-refractivity contribution in [3.63, 3.8) is 0 Å². The molecule has 188 valence electrons. The van der Waals surface area contributed by atoms with E-state index in [2.05, 4.69) is 20.6 Å². The van der Waals surface area contributed by atoms with Crippen LogP contribution in [0.4, 0.5) is 4.79 Å². The number of carbonyl (C=O) groups is 1. The Kier molecular flexibility index (Phi) is 7.46. The number of urea groups is 1. The smallest absolute Gasteiger partial charge is 0.315 e. The number of fused-ring (bicyclic) bond motifs is 1. The Bertz CT molecular complexity index is 1550. The third kappa shape index (κ3) is 5.96. The minimum Gasteiger partial charge on any atom is -0.334 e. The predicted molar refractivity (Wildman–Crippen MR) is 151 cm³/mol. The van der Waals surface area contributed by atoms with Crippen molar-refractivity contribution in [1.29, 1.82) is 0 Å². The molecule has 3 N–H and O–H groups in total. The van der Waals surface area contributed by atoms with Crippen molar-refractivity contribution in [2.45, 2.75) is 32.9 Å². The SMILES string of the molecule is Cc1ccc(-c2nc([C@H](Cc3ccccc3)NC(=O)NCc3cc(Cl)cc4sc(C)nc34)[nH]c2Cl)cc1. The maximum atomic E-state index is 13.1. The second-order valence-electron chi connectivity index (χ2n) is 8.86. The van der Waals surface area contributed by atoms with Gasteiger partial charge >= 0.3 is 6.03 Å². The lowest BCUT2D eigenvalue weighted by molar-refractivity contribution is 0.236. The molecule has 3 aromatic carbocycles. The van der Waals surface area contributed by atoms with Crippen LogP contribution < -0.4 is 10.6 Å². The van der Waals surface area contributed by atoms with E-state index in [0.29, 0.717) is 28.1 Å². The Morgan fingerprint density at radius 2 is 1.78 bits per heavy atom. The molecule has 0 spiro atoms. The van der Waals surface area contributed by atoms with Gasteiger partial charge in [-0.2, -0.15) is 0 Å². The van der Waals surface area contributed by atoms with Crippen molar-refractivity contribution in [2.75, 3.05) is 0 Å². The number of hydrogen-bond acceptors (Lipinski definition) is 4. The van der Waals surface area contributed by atoms with Gasteiger partial charge in [0, 0.05) is 17.1 Å². The number of nitrogens with zero attached hydrogens (tertiary/aromatic N) is 2. The van der Waals surface area contributed by atoms with Gasteiger partial charge in [0.25, 0.3) is 0 Å². The molecule has 9 heteroatoms. The third-order valence-corrected chi connectivity index (χ3v) is 7.42. The molecule has 0 bridgehead atoms. The van der Waals surface area contributed by atoms with E-state index in [0.717, 1.165) is 37.5 Å². The molecular weight excluding hydrogens is 525 g/mol. The van der Waals surface area contributed by atoms with Crippen molar-refractivity contribution in [3.05, 3.63) is 104 Å². The second kappa shape index (κ2) is 10.9. The number of aromatic nitrogens is 3. The number of benzene rings is 3. The average Bonchev–Trinajstić information content (AvgIpc) is 3.45. The van der Waals surface area contributed by atoms with Crippen LogP contribution in [0.2, 0.25) is 10.2 Å². The molecular formula is C28H25Cl2N5OS. The van der Waals surface area contributed by atoms with E-state index >= 15 is 0 Å². The summed E-state index contributed by atoms with van der Waals surface area (Å²) < 4.78 is 0.998. The lowest BCUT2D eigenvalue weighted by Gasteiger charge is -2.18. The van der Waals surface area contributed by atoms with Crippen LogP contribution in [-0.2, 0) is 13.0 Å². The highest BCUT2D eigenvalue weighted by molar-refractivity contribution is 7.18. The van der Waals surface area contributed by atoms with Gasteiger partial charge in [0.1, 0.15) is 16.7 Å². The van der Waals surface area contributed by atoms with Crippen LogP contribution in [0.15, 0.2) is 66.7 Å². The minimum absolute atomic E-state index is 0.289. The zero-order valence-corrected chi connectivity index (χ0v) is 22.6. The molecule has 0 fully saturated rings. The molecule has 2 amide bonds. The average molecular weight is 551 g/mol. The minimum atomic E-state index is -0.431. The maximum Gasteiger partial charge on any atom is 0.315 e. The molecule has 2 aromatic heterocycles. The van der Waals surface area contributed by atoms with Crippen LogP contribution in [0.3, 0.4) is 0 Å². The number of amides is 2. The summed E-state index contributed by atoms with van der Waals surface area (Å²) in [6.45, 7) is 4.28. The molecule has 6 nitrogen and oxygen atoms in total. The number of H-pyrrole nitrogens is 1. The molecule has 0 unspecified atom stereocenters. The number of thiazole rings is 1. The first-order chi connectivity index (χ1) is 17.9. The molecule has 0 radical (unpaired) electrons. The van der Waals surface area contributed by atoms with Crippen molar-refractivity contribution < 1.29 is 4.79 Å². The van der Waals surface area contributed by atoms with Gasteiger partial charge in [-0.25, -0.2) is 14.8 Å². The Hall–Kier alpha value is -3.39. The Morgan fingerprint density at radius 1 is 1.03 bits per heavy atom. The first kappa shape index (κ1) is 25.3. The van der Waals surface area contributed by atoms with Gasteiger partial charge in [0.2, 0.25) is 0 Å². The lowest BCUT2D eigenvalue weighted by atomic mass is 10.1. The van der Waals surface area contributed by atoms with E-state index in [1.54, 1.807) is 11.3 Å². The van der Waals surface area contributed by atoms with Gasteiger partial charge in [0.15, 0.2) is 0 Å². The quantitative estimate of drug-likeness (QED) is 0.198. The van der Waals surface area contributed by atoms with Crippen molar-refractivity contribution in [1.82, 2.24) is 25.6 Å². The Labute approximate surface area is 229 Å². The molecule has 1 atom stereocenters. The van der Waals surface area contributed by atoms with E-state index in [1.807, 2.05) is 80.6 Å². The fourth-order valence-electron chi connectivity index (χ4n) is 4.19. The van der Waals surface area contributed by atoms with Gasteiger partial charge in [-0.05, 0) is 43.5 Å². The van der Waals surface area contributed by atoms with E-state index in [4.69, 9.17) is 28.2 Å². The van der Waals surface area contributed by atoms with Gasteiger partial charge in [0.05, 0.1) is 21.3 Å². The lowest BCUT2D eigenvalue weighted by Crippen LogP contribution is -2.38. The van der Waals surface area contributed by atoms with Crippen LogP contribution in [0, 0.1) is 13.8 Å². The van der Waals surface area contributed by atoms with E-state index in [-0.39, 0.29) is 12.6 Å². The summed E-state index contributed by atoms with van der Waals surface area (Å²) in [5, 5.41) is 8.02. The fraction of sp³-hybridized carbons (Fsp3) is 0.179. The zero-order valence-electron chi connectivity index (χ0n) is 20.3. The van der Waals surface area contributed by atoms with Crippen molar-refractivity contribution in [3.8, 4) is 11.3 Å². The third-order valence-electron chi connectivity index (χ3n) is 6.01. The van der Waals surface area contributed by atoms with Crippen LogP contribution in [-0.4, -0.2) is 21.0 Å². The largest absolute Gasteiger partial charge is 0.334 e. The highest BCUT2D eigenvalue weighted by atomic mass is 35.5. The highest BCUT2D eigenvalue weighted by Crippen LogP contribution is 2.30. The molecule has 0 aliphatic rings. The molecule has 37 heavy (non-hydrogen) atoms. The Morgan fingerprint density at radius 3 is 2.54 bits per heavy atom. The predicted octanol–water partition coefficient (Wildman–Crippen LogP) is 7.39. The molecule has 0 saturated heterocycles. The number of carbonyl (C=O) groups excluding carboxylic acids is 1. The van der Waals surface area contributed by atoms with Crippen LogP contribution in [0.5, 0.6) is 0 Å². The highest BCUT2D eigenvalue weighted by Gasteiger charge is 2.22. The first-order valence-electron chi connectivity index (χ1n) is 11.8. The standard InChI is InChI=1S/C28H25Cl2N5OS/c1-16-8-10-19(11-9-16)25-26(30)35-27(34-25)22(12-18-6-4-3-5-7-18)33-28(36)31-15-20-13-21(29)14-23-24(20)32-17(2)37-23/h3-11,13-14,22H,12,15H2,1-2H3,(H,34,35)(H2,31,33,36)/t22-/m0/s1. The summed E-state index contributed by atoms with van der Waals surface area (Å²) in [4.78, 5) is 25.6. The van der Waals surface area contributed by atoms with Crippen LogP contribution >= 0.6 is 34.5 Å². The summed E-state index contributed by atoms with van der Waals surface area (Å²) in [6, 6.07) is 20.9.